The van der Waals surface area contributed by atoms with Crippen LogP contribution in [-0.4, -0.2) is 153 Å². The van der Waals surface area contributed by atoms with Crippen molar-refractivity contribution in [1.29, 1.82) is 0 Å². The molecule has 266 valence electrons. The van der Waals surface area contributed by atoms with Gasteiger partial charge in [-0.2, -0.15) is 0 Å². The number of aromatic hydroxyl groups is 1. The minimum absolute atomic E-state index is 0.137. The van der Waals surface area contributed by atoms with E-state index in [1.54, 1.807) is 12.1 Å². The third-order valence-electron chi connectivity index (χ3n) is 9.54. The van der Waals surface area contributed by atoms with Crippen LogP contribution in [0.15, 0.2) is 36.6 Å². The molecule has 0 spiro atoms. The monoisotopic (exact) mass is 684 g/mol. The molecular formula is C31H40O17. The number of carbonyl (C=O) groups excluding carboxylic acids is 1. The number of epoxide rings is 1. The number of hydrogen-bond acceptors (Lipinski definition) is 17. The summed E-state index contributed by atoms with van der Waals surface area (Å²) in [6, 6.07) is 4.48. The predicted octanol–water partition coefficient (Wildman–Crippen LogP) is -2.76. The van der Waals surface area contributed by atoms with E-state index in [9.17, 15) is 45.6 Å². The Morgan fingerprint density at radius 1 is 0.938 bits per heavy atom. The number of methoxy groups -OCH3 is 1. The van der Waals surface area contributed by atoms with E-state index in [0.717, 1.165) is 6.08 Å². The summed E-state index contributed by atoms with van der Waals surface area (Å²) in [7, 11) is 1.40. The highest BCUT2D eigenvalue weighted by Gasteiger charge is 2.77. The molecule has 1 aromatic rings. The van der Waals surface area contributed by atoms with E-state index in [1.165, 1.54) is 38.5 Å². The second kappa shape index (κ2) is 13.8. The first-order valence-corrected chi connectivity index (χ1v) is 15.4. The Hall–Kier alpha value is -2.91. The highest BCUT2D eigenvalue weighted by atomic mass is 16.8. The quantitative estimate of drug-likeness (QED) is 0.0705. The molecule has 0 aromatic heterocycles. The molecule has 0 bridgehead atoms. The van der Waals surface area contributed by atoms with E-state index >= 15 is 0 Å². The maximum absolute atomic E-state index is 12.7. The van der Waals surface area contributed by atoms with Gasteiger partial charge < -0.3 is 78.7 Å². The smallest absolute Gasteiger partial charge is 0.331 e. The van der Waals surface area contributed by atoms with Gasteiger partial charge >= 0.3 is 5.97 Å². The molecule has 17 heteroatoms. The Kier molecular flexibility index (Phi) is 10.0. The van der Waals surface area contributed by atoms with Crippen molar-refractivity contribution in [2.24, 2.45) is 11.8 Å². The lowest BCUT2D eigenvalue weighted by Crippen LogP contribution is -2.60. The van der Waals surface area contributed by atoms with Crippen molar-refractivity contribution in [1.82, 2.24) is 0 Å². The molecule has 1 aliphatic carbocycles. The first-order chi connectivity index (χ1) is 22.9. The van der Waals surface area contributed by atoms with E-state index < -0.39 is 117 Å². The summed E-state index contributed by atoms with van der Waals surface area (Å²) in [5.41, 5.74) is -0.783. The average molecular weight is 685 g/mol. The molecule has 4 aliphatic heterocycles. The largest absolute Gasteiger partial charge is 0.504 e. The number of ether oxygens (including phenoxy) is 8. The number of hydrogen-bond donors (Lipinski definition) is 8. The molecular weight excluding hydrogens is 644 g/mol. The Balaban J connectivity index is 1.14. The van der Waals surface area contributed by atoms with Gasteiger partial charge in [0.2, 0.25) is 6.29 Å². The summed E-state index contributed by atoms with van der Waals surface area (Å²) in [5.74, 6) is -2.13. The van der Waals surface area contributed by atoms with Crippen LogP contribution in [0, 0.1) is 11.8 Å². The second-order valence-electron chi connectivity index (χ2n) is 12.4. The van der Waals surface area contributed by atoms with Crippen LogP contribution in [0.4, 0.5) is 0 Å². The van der Waals surface area contributed by atoms with Gasteiger partial charge in [0.1, 0.15) is 48.3 Å². The molecule has 0 radical (unpaired) electrons. The normalized spacial score (nSPS) is 44.9. The average Bonchev–Trinajstić information content (AvgIpc) is 3.75. The van der Waals surface area contributed by atoms with Crippen LogP contribution in [0.25, 0.3) is 6.08 Å². The summed E-state index contributed by atoms with van der Waals surface area (Å²) in [6.45, 7) is 0.346. The number of aliphatic hydroxyl groups is 7. The fourth-order valence-electron chi connectivity index (χ4n) is 6.86. The van der Waals surface area contributed by atoms with E-state index in [-0.39, 0.29) is 11.5 Å². The molecule has 4 heterocycles. The maximum atomic E-state index is 12.7. The number of fused-ring (bicyclic) bond motifs is 3. The molecule has 0 unspecified atom stereocenters. The zero-order valence-corrected chi connectivity index (χ0v) is 25.9. The van der Waals surface area contributed by atoms with Crippen LogP contribution in [0.2, 0.25) is 0 Å². The Morgan fingerprint density at radius 2 is 1.69 bits per heavy atom. The van der Waals surface area contributed by atoms with Crippen molar-refractivity contribution in [3.05, 3.63) is 42.2 Å². The molecule has 48 heavy (non-hydrogen) atoms. The van der Waals surface area contributed by atoms with Gasteiger partial charge in [0.15, 0.2) is 30.2 Å². The summed E-state index contributed by atoms with van der Waals surface area (Å²) < 4.78 is 45.3. The Morgan fingerprint density at radius 3 is 2.38 bits per heavy atom. The fraction of sp³-hybridized carbons (Fsp3) is 0.645. The van der Waals surface area contributed by atoms with Crippen molar-refractivity contribution in [3.8, 4) is 11.5 Å². The van der Waals surface area contributed by atoms with Crippen LogP contribution in [-0.2, 0) is 38.0 Å². The molecule has 5 aliphatic rings. The van der Waals surface area contributed by atoms with Gasteiger partial charge in [-0.05, 0) is 36.8 Å². The highest BCUT2D eigenvalue weighted by molar-refractivity contribution is 5.87. The second-order valence-corrected chi connectivity index (χ2v) is 12.4. The predicted molar refractivity (Wildman–Crippen MR) is 155 cm³/mol. The van der Waals surface area contributed by atoms with E-state index in [0.29, 0.717) is 5.56 Å². The third kappa shape index (κ3) is 6.19. The lowest BCUT2D eigenvalue weighted by molar-refractivity contribution is -0.347. The minimum Gasteiger partial charge on any atom is -0.504 e. The van der Waals surface area contributed by atoms with E-state index in [2.05, 4.69) is 0 Å². The van der Waals surface area contributed by atoms with Gasteiger partial charge in [-0.25, -0.2) is 4.79 Å². The number of carbonyl (C=O) groups is 1. The first-order valence-electron chi connectivity index (χ1n) is 15.4. The SMILES string of the molecule is COc1ccc(/C=C/C(=O)O[C@@H]2[C@@H](O)[C@H](C)O[C@@H](O[C@H]3[C@@H]4C=CO[C@@H](O[C@@H]5O[C@H](CO)[C@@H](O)[C@H](O)[C@H]5O)[C@@H]4[C@@]4(CO)O[C@@H]34)[C@@H]2O)cc1O. The van der Waals surface area contributed by atoms with Crippen molar-refractivity contribution in [2.45, 2.75) is 92.4 Å². The van der Waals surface area contributed by atoms with Crippen molar-refractivity contribution in [2.75, 3.05) is 20.3 Å². The van der Waals surface area contributed by atoms with Crippen molar-refractivity contribution in [3.63, 3.8) is 0 Å². The van der Waals surface area contributed by atoms with Crippen LogP contribution >= 0.6 is 0 Å². The molecule has 1 aromatic carbocycles. The number of phenolic OH excluding ortho intramolecular Hbond substituents is 1. The molecule has 8 N–H and O–H groups in total. The summed E-state index contributed by atoms with van der Waals surface area (Å²) in [4.78, 5) is 12.7. The van der Waals surface area contributed by atoms with Gasteiger partial charge in [0.05, 0.1) is 44.7 Å². The number of rotatable bonds is 10. The zero-order chi connectivity index (χ0) is 34.5. The fourth-order valence-corrected chi connectivity index (χ4v) is 6.86. The maximum Gasteiger partial charge on any atom is 0.331 e. The van der Waals surface area contributed by atoms with Gasteiger partial charge in [-0.15, -0.1) is 0 Å². The van der Waals surface area contributed by atoms with E-state index in [1.807, 2.05) is 0 Å². The first kappa shape index (κ1) is 34.9. The molecule has 0 amide bonds. The lowest BCUT2D eigenvalue weighted by Gasteiger charge is -2.44. The van der Waals surface area contributed by atoms with Crippen molar-refractivity contribution >= 4 is 12.0 Å². The van der Waals surface area contributed by atoms with Gasteiger partial charge in [-0.1, -0.05) is 6.07 Å². The molecule has 6 rings (SSSR count). The molecule has 1 saturated carbocycles. The van der Waals surface area contributed by atoms with Crippen LogP contribution in [0.1, 0.15) is 12.5 Å². The number of phenols is 1. The molecule has 4 fully saturated rings. The van der Waals surface area contributed by atoms with Crippen LogP contribution in [0.5, 0.6) is 11.5 Å². The van der Waals surface area contributed by atoms with Gasteiger partial charge in [0.25, 0.3) is 0 Å². The highest BCUT2D eigenvalue weighted by Crippen LogP contribution is 2.61. The molecule has 3 saturated heterocycles. The standard InChI is InChI=1S/C31H40O17/c1-12-20(36)26(45-18(35)6-4-13-3-5-16(41-2)15(34)9-13)24(40)30(43-12)46-25-14-7-8-42-28(19(14)31(11-33)27(25)48-31)47-29-23(39)22(38)21(37)17(10-32)44-29/h3-9,12,14,17,19-30,32-34,36-40H,10-11H2,1-2H3/b6-4+/t12-,14+,17+,19+,20-,21+,22-,23+,24+,25-,26+,27-,28-,29-,30-,31+/m0/s1. The number of benzene rings is 1. The lowest BCUT2D eigenvalue weighted by atomic mass is 9.85. The Bertz CT molecular complexity index is 1370. The van der Waals surface area contributed by atoms with Gasteiger partial charge in [-0.3, -0.25) is 0 Å². The molecule has 16 atom stereocenters. The summed E-state index contributed by atoms with van der Waals surface area (Å²) in [5, 5.41) is 82.7. The van der Waals surface area contributed by atoms with E-state index in [4.69, 9.17) is 37.9 Å². The minimum atomic E-state index is -1.71. The third-order valence-corrected chi connectivity index (χ3v) is 9.54. The zero-order valence-electron chi connectivity index (χ0n) is 25.9. The summed E-state index contributed by atoms with van der Waals surface area (Å²) >= 11 is 0. The Labute approximate surface area is 274 Å². The van der Waals surface area contributed by atoms with Crippen molar-refractivity contribution < 1.29 is 83.5 Å². The number of esters is 1. The summed E-state index contributed by atoms with van der Waals surface area (Å²) in [6.07, 6.45) is -12.1. The van der Waals surface area contributed by atoms with Crippen LogP contribution in [0.3, 0.4) is 0 Å². The number of aliphatic hydroxyl groups excluding tert-OH is 7. The molecule has 17 nitrogen and oxygen atoms in total. The van der Waals surface area contributed by atoms with Crippen LogP contribution < -0.4 is 4.74 Å². The topological polar surface area (TPSA) is 256 Å². The van der Waals surface area contributed by atoms with Gasteiger partial charge in [0, 0.05) is 12.0 Å².